The predicted octanol–water partition coefficient (Wildman–Crippen LogP) is 1.62. The molecule has 0 spiro atoms. The molecule has 0 aliphatic carbocycles. The van der Waals surface area contributed by atoms with E-state index in [0.29, 0.717) is 12.1 Å². The average molecular weight is 281 g/mol. The van der Waals surface area contributed by atoms with Gasteiger partial charge in [-0.3, -0.25) is 9.48 Å². The van der Waals surface area contributed by atoms with E-state index in [1.165, 1.54) is 0 Å². The van der Waals surface area contributed by atoms with Crippen molar-refractivity contribution in [1.29, 1.82) is 0 Å². The summed E-state index contributed by atoms with van der Waals surface area (Å²) in [6.07, 6.45) is 2.61. The Morgan fingerprint density at radius 3 is 2.50 bits per heavy atom. The first-order valence-corrected chi connectivity index (χ1v) is 6.91. The largest absolute Gasteiger partial charge is 0.480 e. The summed E-state index contributed by atoms with van der Waals surface area (Å²) in [5.41, 5.74) is 0.643. The number of rotatable bonds is 7. The van der Waals surface area contributed by atoms with Crippen molar-refractivity contribution in [2.75, 3.05) is 0 Å². The van der Waals surface area contributed by atoms with Gasteiger partial charge >= 0.3 is 5.97 Å². The maximum absolute atomic E-state index is 11.9. The van der Waals surface area contributed by atoms with Crippen molar-refractivity contribution >= 4 is 11.9 Å². The van der Waals surface area contributed by atoms with Gasteiger partial charge in [-0.15, -0.1) is 0 Å². The Morgan fingerprint density at radius 2 is 2.05 bits per heavy atom. The smallest absolute Gasteiger partial charge is 0.326 e. The number of carboxylic acid groups (broad SMARTS) is 1. The van der Waals surface area contributed by atoms with E-state index in [-0.39, 0.29) is 24.3 Å². The molecule has 0 fully saturated rings. The molecule has 2 unspecified atom stereocenters. The van der Waals surface area contributed by atoms with Gasteiger partial charge in [-0.1, -0.05) is 20.3 Å². The lowest BCUT2D eigenvalue weighted by Gasteiger charge is -2.19. The Kier molecular flexibility index (Phi) is 5.73. The zero-order valence-electron chi connectivity index (χ0n) is 12.5. The zero-order valence-corrected chi connectivity index (χ0v) is 12.5. The minimum Gasteiger partial charge on any atom is -0.480 e. The number of carboxylic acids is 1. The fourth-order valence-corrected chi connectivity index (χ4v) is 1.83. The first kappa shape index (κ1) is 16.2. The van der Waals surface area contributed by atoms with Crippen LogP contribution in [0.5, 0.6) is 0 Å². The molecular weight excluding hydrogens is 258 g/mol. The Balaban J connectivity index is 2.63. The van der Waals surface area contributed by atoms with Gasteiger partial charge in [-0.25, -0.2) is 4.79 Å². The van der Waals surface area contributed by atoms with Crippen LogP contribution in [0.2, 0.25) is 0 Å². The molecule has 1 heterocycles. The van der Waals surface area contributed by atoms with Gasteiger partial charge in [0.1, 0.15) is 6.04 Å². The second-order valence-electron chi connectivity index (χ2n) is 5.33. The molecule has 1 amide bonds. The third kappa shape index (κ3) is 4.36. The Bertz CT molecular complexity index is 468. The van der Waals surface area contributed by atoms with Crippen molar-refractivity contribution in [1.82, 2.24) is 15.1 Å². The molecular formula is C14H23N3O3. The standard InChI is InChI=1S/C14H23N3O3/c1-5-10(4)13(14(19)20)15-12(18)8-11-6-7-17(16-11)9(2)3/h6-7,9-10,13H,5,8H2,1-4H3,(H,15,18)(H,19,20). The highest BCUT2D eigenvalue weighted by atomic mass is 16.4. The molecule has 112 valence electrons. The molecule has 6 heteroatoms. The lowest BCUT2D eigenvalue weighted by Crippen LogP contribution is -2.45. The van der Waals surface area contributed by atoms with Gasteiger partial charge in [0.15, 0.2) is 0 Å². The molecule has 1 rings (SSSR count). The molecule has 1 aromatic heterocycles. The van der Waals surface area contributed by atoms with Crippen LogP contribution in [0.3, 0.4) is 0 Å². The third-order valence-electron chi connectivity index (χ3n) is 3.33. The summed E-state index contributed by atoms with van der Waals surface area (Å²) in [6.45, 7) is 7.71. The molecule has 0 saturated heterocycles. The second kappa shape index (κ2) is 7.07. The van der Waals surface area contributed by atoms with Crippen LogP contribution in [-0.2, 0) is 16.0 Å². The van der Waals surface area contributed by atoms with Crippen molar-refractivity contribution in [3.63, 3.8) is 0 Å². The monoisotopic (exact) mass is 281 g/mol. The summed E-state index contributed by atoms with van der Waals surface area (Å²) in [4.78, 5) is 23.0. The summed E-state index contributed by atoms with van der Waals surface area (Å²) in [5, 5.41) is 16.0. The Hall–Kier alpha value is -1.85. The van der Waals surface area contributed by atoms with E-state index in [1.54, 1.807) is 10.7 Å². The Labute approximate surface area is 119 Å². The van der Waals surface area contributed by atoms with Crippen LogP contribution in [0, 0.1) is 5.92 Å². The van der Waals surface area contributed by atoms with Crippen molar-refractivity contribution in [3.05, 3.63) is 18.0 Å². The first-order valence-electron chi connectivity index (χ1n) is 6.91. The minimum atomic E-state index is -1.000. The normalized spacial score (nSPS) is 14.1. The fourth-order valence-electron chi connectivity index (χ4n) is 1.83. The van der Waals surface area contributed by atoms with Crippen molar-refractivity contribution in [2.24, 2.45) is 5.92 Å². The van der Waals surface area contributed by atoms with Gasteiger partial charge in [0.2, 0.25) is 5.91 Å². The van der Waals surface area contributed by atoms with Crippen LogP contribution in [0.1, 0.15) is 45.9 Å². The molecule has 2 atom stereocenters. The van der Waals surface area contributed by atoms with E-state index in [0.717, 1.165) is 0 Å². The van der Waals surface area contributed by atoms with Crippen LogP contribution in [0.25, 0.3) is 0 Å². The maximum Gasteiger partial charge on any atom is 0.326 e. The van der Waals surface area contributed by atoms with Crippen molar-refractivity contribution < 1.29 is 14.7 Å². The number of carbonyl (C=O) groups excluding carboxylic acids is 1. The Morgan fingerprint density at radius 1 is 1.40 bits per heavy atom. The van der Waals surface area contributed by atoms with Gasteiger partial charge in [0.05, 0.1) is 12.1 Å². The van der Waals surface area contributed by atoms with E-state index in [1.807, 2.05) is 33.9 Å². The maximum atomic E-state index is 11.9. The molecule has 0 aromatic carbocycles. The summed E-state index contributed by atoms with van der Waals surface area (Å²) < 4.78 is 1.77. The average Bonchev–Trinajstić information content (AvgIpc) is 2.83. The summed E-state index contributed by atoms with van der Waals surface area (Å²) in [6, 6.07) is 1.16. The van der Waals surface area contributed by atoms with Gasteiger partial charge in [-0.05, 0) is 25.8 Å². The van der Waals surface area contributed by atoms with Crippen LogP contribution < -0.4 is 5.32 Å². The van der Waals surface area contributed by atoms with E-state index in [9.17, 15) is 9.59 Å². The third-order valence-corrected chi connectivity index (χ3v) is 3.33. The quantitative estimate of drug-likeness (QED) is 0.795. The molecule has 0 saturated carbocycles. The number of aromatic nitrogens is 2. The van der Waals surface area contributed by atoms with E-state index >= 15 is 0 Å². The summed E-state index contributed by atoms with van der Waals surface area (Å²) >= 11 is 0. The van der Waals surface area contributed by atoms with Crippen LogP contribution in [0.15, 0.2) is 12.3 Å². The lowest BCUT2D eigenvalue weighted by atomic mass is 9.99. The molecule has 0 aliphatic heterocycles. The topological polar surface area (TPSA) is 84.2 Å². The van der Waals surface area contributed by atoms with Gasteiger partial charge < -0.3 is 10.4 Å². The number of nitrogens with one attached hydrogen (secondary N) is 1. The predicted molar refractivity (Wildman–Crippen MR) is 75.3 cm³/mol. The number of carbonyl (C=O) groups is 2. The second-order valence-corrected chi connectivity index (χ2v) is 5.33. The highest BCUT2D eigenvalue weighted by molar-refractivity contribution is 5.84. The molecule has 1 aromatic rings. The first-order chi connectivity index (χ1) is 9.35. The number of hydrogen-bond acceptors (Lipinski definition) is 3. The van der Waals surface area contributed by atoms with Crippen molar-refractivity contribution in [3.8, 4) is 0 Å². The van der Waals surface area contributed by atoms with Gasteiger partial charge in [-0.2, -0.15) is 5.10 Å². The number of amides is 1. The number of nitrogens with zero attached hydrogens (tertiary/aromatic N) is 2. The van der Waals surface area contributed by atoms with Gasteiger partial charge in [0, 0.05) is 12.2 Å². The lowest BCUT2D eigenvalue weighted by molar-refractivity contribution is -0.143. The van der Waals surface area contributed by atoms with Crippen LogP contribution in [-0.4, -0.2) is 32.8 Å². The SMILES string of the molecule is CCC(C)C(NC(=O)Cc1ccn(C(C)C)n1)C(=O)O. The van der Waals surface area contributed by atoms with Crippen LogP contribution >= 0.6 is 0 Å². The van der Waals surface area contributed by atoms with Gasteiger partial charge in [0.25, 0.3) is 0 Å². The summed E-state index contributed by atoms with van der Waals surface area (Å²) in [7, 11) is 0. The molecule has 2 N–H and O–H groups in total. The van der Waals surface area contributed by atoms with E-state index < -0.39 is 12.0 Å². The molecule has 0 radical (unpaired) electrons. The molecule has 6 nitrogen and oxygen atoms in total. The number of aliphatic carboxylic acids is 1. The van der Waals surface area contributed by atoms with Crippen LogP contribution in [0.4, 0.5) is 0 Å². The molecule has 20 heavy (non-hydrogen) atoms. The van der Waals surface area contributed by atoms with Crippen molar-refractivity contribution in [2.45, 2.75) is 52.6 Å². The fraction of sp³-hybridized carbons (Fsp3) is 0.643. The zero-order chi connectivity index (χ0) is 15.3. The van der Waals surface area contributed by atoms with E-state index in [4.69, 9.17) is 5.11 Å². The highest BCUT2D eigenvalue weighted by Gasteiger charge is 2.25. The molecule has 0 bridgehead atoms. The minimum absolute atomic E-state index is 0.0972. The molecule has 0 aliphatic rings. The summed E-state index contributed by atoms with van der Waals surface area (Å²) in [5.74, 6) is -1.42. The number of hydrogen-bond donors (Lipinski definition) is 2. The van der Waals surface area contributed by atoms with E-state index in [2.05, 4.69) is 10.4 Å². The highest BCUT2D eigenvalue weighted by Crippen LogP contribution is 2.09.